The van der Waals surface area contributed by atoms with E-state index >= 15 is 0 Å². The van der Waals surface area contributed by atoms with Gasteiger partial charge in [-0.2, -0.15) is 0 Å². The Bertz CT molecular complexity index is 380. The Labute approximate surface area is 99.7 Å². The lowest BCUT2D eigenvalue weighted by atomic mass is 10.1. The number of aliphatic hydroxyl groups is 1. The van der Waals surface area contributed by atoms with E-state index in [1.165, 1.54) is 18.9 Å². The van der Waals surface area contributed by atoms with Crippen molar-refractivity contribution in [1.29, 1.82) is 0 Å². The molecule has 1 atom stereocenters. The van der Waals surface area contributed by atoms with E-state index in [9.17, 15) is 13.9 Å². The van der Waals surface area contributed by atoms with Crippen molar-refractivity contribution in [1.82, 2.24) is 5.32 Å². The maximum atomic E-state index is 12.9. The van der Waals surface area contributed by atoms with Gasteiger partial charge in [0, 0.05) is 6.54 Å². The van der Waals surface area contributed by atoms with Gasteiger partial charge in [0.1, 0.15) is 0 Å². The van der Waals surface area contributed by atoms with Crippen LogP contribution in [-0.4, -0.2) is 18.2 Å². The highest BCUT2D eigenvalue weighted by Gasteiger charge is 2.20. The SMILES string of the molecule is OC(CNCCC1CC1)c1ccc(F)c(F)c1. The molecule has 0 amide bonds. The minimum atomic E-state index is -0.917. The monoisotopic (exact) mass is 241 g/mol. The third-order valence-corrected chi connectivity index (χ3v) is 3.09. The fourth-order valence-corrected chi connectivity index (χ4v) is 1.79. The maximum absolute atomic E-state index is 12.9. The summed E-state index contributed by atoms with van der Waals surface area (Å²) < 4.78 is 25.6. The predicted molar refractivity (Wildman–Crippen MR) is 61.5 cm³/mol. The van der Waals surface area contributed by atoms with Crippen molar-refractivity contribution in [3.05, 3.63) is 35.4 Å². The van der Waals surface area contributed by atoms with Crippen molar-refractivity contribution < 1.29 is 13.9 Å². The van der Waals surface area contributed by atoms with Crippen molar-refractivity contribution in [3.8, 4) is 0 Å². The zero-order valence-corrected chi connectivity index (χ0v) is 9.63. The molecule has 2 rings (SSSR count). The second-order valence-corrected chi connectivity index (χ2v) is 4.63. The quantitative estimate of drug-likeness (QED) is 0.749. The van der Waals surface area contributed by atoms with E-state index in [0.717, 1.165) is 31.0 Å². The van der Waals surface area contributed by atoms with Gasteiger partial charge in [-0.15, -0.1) is 0 Å². The molecule has 4 heteroatoms. The molecule has 2 nitrogen and oxygen atoms in total. The maximum Gasteiger partial charge on any atom is 0.159 e. The summed E-state index contributed by atoms with van der Waals surface area (Å²) in [6.45, 7) is 1.24. The molecule has 0 spiro atoms. The summed E-state index contributed by atoms with van der Waals surface area (Å²) in [6.07, 6.45) is 2.97. The Morgan fingerprint density at radius 3 is 2.71 bits per heavy atom. The lowest BCUT2D eigenvalue weighted by Crippen LogP contribution is -2.23. The Balaban J connectivity index is 1.76. The molecule has 0 heterocycles. The summed E-state index contributed by atoms with van der Waals surface area (Å²) in [6, 6.07) is 3.49. The molecule has 0 aromatic heterocycles. The average molecular weight is 241 g/mol. The lowest BCUT2D eigenvalue weighted by Gasteiger charge is -2.12. The summed E-state index contributed by atoms with van der Waals surface area (Å²) in [5, 5.41) is 12.9. The van der Waals surface area contributed by atoms with Crippen LogP contribution in [0.15, 0.2) is 18.2 Å². The fraction of sp³-hybridized carbons (Fsp3) is 0.538. The first-order valence-electron chi connectivity index (χ1n) is 6.00. The molecule has 0 bridgehead atoms. The van der Waals surface area contributed by atoms with Gasteiger partial charge in [-0.05, 0) is 36.6 Å². The Morgan fingerprint density at radius 1 is 1.29 bits per heavy atom. The van der Waals surface area contributed by atoms with Crippen molar-refractivity contribution >= 4 is 0 Å². The number of benzene rings is 1. The van der Waals surface area contributed by atoms with Crippen molar-refractivity contribution in [2.75, 3.05) is 13.1 Å². The third-order valence-electron chi connectivity index (χ3n) is 3.09. The van der Waals surface area contributed by atoms with Gasteiger partial charge < -0.3 is 10.4 Å². The molecule has 0 aliphatic heterocycles. The minimum Gasteiger partial charge on any atom is -0.387 e. The van der Waals surface area contributed by atoms with Crippen LogP contribution in [0, 0.1) is 17.6 Å². The van der Waals surface area contributed by atoms with Crippen LogP contribution < -0.4 is 5.32 Å². The van der Waals surface area contributed by atoms with Crippen LogP contribution in [0.25, 0.3) is 0 Å². The molecule has 1 aromatic carbocycles. The van der Waals surface area contributed by atoms with Gasteiger partial charge in [0.15, 0.2) is 11.6 Å². The first-order valence-corrected chi connectivity index (χ1v) is 6.00. The highest BCUT2D eigenvalue weighted by atomic mass is 19.2. The fourth-order valence-electron chi connectivity index (χ4n) is 1.79. The van der Waals surface area contributed by atoms with Gasteiger partial charge in [0.05, 0.1) is 6.10 Å². The minimum absolute atomic E-state index is 0.373. The van der Waals surface area contributed by atoms with Gasteiger partial charge in [0.2, 0.25) is 0 Å². The van der Waals surface area contributed by atoms with E-state index in [1.807, 2.05) is 0 Å². The highest BCUT2D eigenvalue weighted by Crippen LogP contribution is 2.31. The molecule has 0 saturated heterocycles. The molecule has 0 radical (unpaired) electrons. The van der Waals surface area contributed by atoms with Crippen LogP contribution in [0.2, 0.25) is 0 Å². The molecule has 1 saturated carbocycles. The predicted octanol–water partition coefficient (Wildman–Crippen LogP) is 2.39. The summed E-state index contributed by atoms with van der Waals surface area (Å²) in [4.78, 5) is 0. The summed E-state index contributed by atoms with van der Waals surface area (Å²) in [5.41, 5.74) is 0.405. The number of halogens is 2. The van der Waals surface area contributed by atoms with Crippen molar-refractivity contribution in [2.45, 2.75) is 25.4 Å². The standard InChI is InChI=1S/C13H17F2NO/c14-11-4-3-10(7-12(11)15)13(17)8-16-6-5-9-1-2-9/h3-4,7,9,13,16-17H,1-2,5-6,8H2. The second-order valence-electron chi connectivity index (χ2n) is 4.63. The highest BCUT2D eigenvalue weighted by molar-refractivity contribution is 5.20. The Kier molecular flexibility index (Phi) is 4.07. The Hall–Kier alpha value is -1.00. The van der Waals surface area contributed by atoms with E-state index in [1.54, 1.807) is 0 Å². The van der Waals surface area contributed by atoms with E-state index in [2.05, 4.69) is 5.32 Å². The van der Waals surface area contributed by atoms with Crippen LogP contribution >= 0.6 is 0 Å². The molecule has 1 fully saturated rings. The van der Waals surface area contributed by atoms with E-state index in [-0.39, 0.29) is 0 Å². The summed E-state index contributed by atoms with van der Waals surface area (Å²) in [5.74, 6) is -0.954. The molecule has 1 aromatic rings. The molecule has 17 heavy (non-hydrogen) atoms. The number of aliphatic hydroxyl groups excluding tert-OH is 1. The van der Waals surface area contributed by atoms with Gasteiger partial charge in [-0.3, -0.25) is 0 Å². The van der Waals surface area contributed by atoms with Crippen molar-refractivity contribution in [3.63, 3.8) is 0 Å². The molecule has 2 N–H and O–H groups in total. The van der Waals surface area contributed by atoms with Crippen LogP contribution in [0.4, 0.5) is 8.78 Å². The number of hydrogen-bond acceptors (Lipinski definition) is 2. The molecular weight excluding hydrogens is 224 g/mol. The van der Waals surface area contributed by atoms with E-state index < -0.39 is 17.7 Å². The summed E-state index contributed by atoms with van der Waals surface area (Å²) >= 11 is 0. The second kappa shape index (κ2) is 5.56. The van der Waals surface area contributed by atoms with Crippen LogP contribution in [0.3, 0.4) is 0 Å². The molecule has 1 unspecified atom stereocenters. The zero-order valence-electron chi connectivity index (χ0n) is 9.63. The molecule has 94 valence electrons. The van der Waals surface area contributed by atoms with Gasteiger partial charge >= 0.3 is 0 Å². The van der Waals surface area contributed by atoms with Crippen LogP contribution in [-0.2, 0) is 0 Å². The van der Waals surface area contributed by atoms with Gasteiger partial charge in [-0.25, -0.2) is 8.78 Å². The smallest absolute Gasteiger partial charge is 0.159 e. The van der Waals surface area contributed by atoms with Gasteiger partial charge in [-0.1, -0.05) is 18.9 Å². The summed E-state index contributed by atoms with van der Waals surface area (Å²) in [7, 11) is 0. The Morgan fingerprint density at radius 2 is 2.06 bits per heavy atom. The lowest BCUT2D eigenvalue weighted by molar-refractivity contribution is 0.174. The third kappa shape index (κ3) is 3.75. The van der Waals surface area contributed by atoms with E-state index in [0.29, 0.717) is 12.1 Å². The largest absolute Gasteiger partial charge is 0.387 e. The molecule has 1 aliphatic rings. The first-order chi connectivity index (χ1) is 8.16. The zero-order chi connectivity index (χ0) is 12.3. The number of rotatable bonds is 6. The van der Waals surface area contributed by atoms with Crippen molar-refractivity contribution in [2.24, 2.45) is 5.92 Å². The molecule has 1 aliphatic carbocycles. The van der Waals surface area contributed by atoms with E-state index in [4.69, 9.17) is 0 Å². The van der Waals surface area contributed by atoms with Gasteiger partial charge in [0.25, 0.3) is 0 Å². The van der Waals surface area contributed by atoms with Crippen LogP contribution in [0.5, 0.6) is 0 Å². The molecular formula is C13H17F2NO. The topological polar surface area (TPSA) is 32.3 Å². The normalized spacial score (nSPS) is 17.1. The number of hydrogen-bond donors (Lipinski definition) is 2. The first kappa shape index (κ1) is 12.5. The van der Waals surface area contributed by atoms with Crippen LogP contribution in [0.1, 0.15) is 30.9 Å². The average Bonchev–Trinajstić information content (AvgIpc) is 3.12. The number of nitrogens with one attached hydrogen (secondary N) is 1.